The van der Waals surface area contributed by atoms with E-state index < -0.39 is 29.7 Å². The first-order chi connectivity index (χ1) is 13.1. The number of hydrogen-bond acceptors (Lipinski definition) is 6. The monoisotopic (exact) mass is 364 g/mol. The number of anilines is 1. The van der Waals surface area contributed by atoms with Crippen LogP contribution in [0.4, 0.5) is 5.69 Å². The zero-order valence-corrected chi connectivity index (χ0v) is 14.3. The molecule has 3 heterocycles. The summed E-state index contributed by atoms with van der Waals surface area (Å²) in [6, 6.07) is 7.70. The third kappa shape index (κ3) is 2.95. The van der Waals surface area contributed by atoms with Crippen LogP contribution in [0.15, 0.2) is 42.7 Å². The molecule has 1 aromatic carbocycles. The van der Waals surface area contributed by atoms with Gasteiger partial charge in [0.05, 0.1) is 11.1 Å². The van der Waals surface area contributed by atoms with Crippen molar-refractivity contribution in [3.63, 3.8) is 0 Å². The van der Waals surface area contributed by atoms with Crippen LogP contribution in [0, 0.1) is 0 Å². The van der Waals surface area contributed by atoms with Crippen molar-refractivity contribution in [1.82, 2.24) is 15.2 Å². The molecule has 1 unspecified atom stereocenters. The Kier molecular flexibility index (Phi) is 4.15. The van der Waals surface area contributed by atoms with Crippen LogP contribution in [-0.4, -0.2) is 39.6 Å². The molecule has 0 aliphatic carbocycles. The number of aromatic nitrogens is 1. The van der Waals surface area contributed by atoms with Crippen LogP contribution in [0.2, 0.25) is 0 Å². The standard InChI is InChI=1S/C19H16N4O4/c24-15-5-4-14(17(25)22-15)23-18(26)12-2-1-3-13(16(12)19(23)27)21-10-11-6-8-20-9-7-11/h1-3,6-9,14,21H,4-5,10H2,(H,22,24,25). The van der Waals surface area contributed by atoms with E-state index in [9.17, 15) is 19.2 Å². The van der Waals surface area contributed by atoms with Crippen LogP contribution in [0.25, 0.3) is 0 Å². The maximum Gasteiger partial charge on any atom is 0.264 e. The first-order valence-corrected chi connectivity index (χ1v) is 8.53. The van der Waals surface area contributed by atoms with Crippen molar-refractivity contribution in [3.05, 3.63) is 59.4 Å². The second-order valence-corrected chi connectivity index (χ2v) is 6.38. The van der Waals surface area contributed by atoms with Gasteiger partial charge in [0.15, 0.2) is 0 Å². The van der Waals surface area contributed by atoms with Crippen molar-refractivity contribution >= 4 is 29.3 Å². The first kappa shape index (κ1) is 16.9. The van der Waals surface area contributed by atoms with E-state index in [2.05, 4.69) is 15.6 Å². The number of nitrogens with zero attached hydrogens (tertiary/aromatic N) is 2. The summed E-state index contributed by atoms with van der Waals surface area (Å²) in [6.07, 6.45) is 3.57. The van der Waals surface area contributed by atoms with Crippen LogP contribution in [0.5, 0.6) is 0 Å². The van der Waals surface area contributed by atoms with Gasteiger partial charge in [0.1, 0.15) is 6.04 Å². The summed E-state index contributed by atoms with van der Waals surface area (Å²) >= 11 is 0. The molecule has 2 aliphatic rings. The van der Waals surface area contributed by atoms with Crippen molar-refractivity contribution < 1.29 is 19.2 Å². The molecule has 4 amide bonds. The summed E-state index contributed by atoms with van der Waals surface area (Å²) in [6.45, 7) is 0.457. The van der Waals surface area contributed by atoms with Gasteiger partial charge in [0.2, 0.25) is 11.8 Å². The largest absolute Gasteiger partial charge is 0.380 e. The van der Waals surface area contributed by atoms with Crippen LogP contribution in [0.3, 0.4) is 0 Å². The molecule has 0 spiro atoms. The minimum absolute atomic E-state index is 0.0942. The number of nitrogens with one attached hydrogen (secondary N) is 2. The number of hydrogen-bond donors (Lipinski definition) is 2. The Hall–Kier alpha value is -3.55. The summed E-state index contributed by atoms with van der Waals surface area (Å²) in [7, 11) is 0. The van der Waals surface area contributed by atoms with E-state index in [1.165, 1.54) is 0 Å². The smallest absolute Gasteiger partial charge is 0.264 e. The molecule has 0 bridgehead atoms. The fraction of sp³-hybridized carbons (Fsp3) is 0.211. The number of pyridine rings is 1. The first-order valence-electron chi connectivity index (χ1n) is 8.53. The lowest BCUT2D eigenvalue weighted by atomic mass is 10.0. The Labute approximate surface area is 154 Å². The highest BCUT2D eigenvalue weighted by Crippen LogP contribution is 2.32. The minimum atomic E-state index is -0.969. The molecule has 1 aromatic heterocycles. The summed E-state index contributed by atoms with van der Waals surface area (Å²) in [5, 5.41) is 5.36. The van der Waals surface area contributed by atoms with Crippen LogP contribution in [-0.2, 0) is 16.1 Å². The number of amides is 4. The Morgan fingerprint density at radius 1 is 1.07 bits per heavy atom. The van der Waals surface area contributed by atoms with Crippen molar-refractivity contribution in [1.29, 1.82) is 0 Å². The van der Waals surface area contributed by atoms with Gasteiger partial charge in [-0.05, 0) is 36.2 Å². The van der Waals surface area contributed by atoms with E-state index in [0.29, 0.717) is 12.2 Å². The molecule has 8 nitrogen and oxygen atoms in total. The van der Waals surface area contributed by atoms with Gasteiger partial charge in [0.25, 0.3) is 11.8 Å². The van der Waals surface area contributed by atoms with Gasteiger partial charge in [-0.15, -0.1) is 0 Å². The Balaban J connectivity index is 1.61. The lowest BCUT2D eigenvalue weighted by Crippen LogP contribution is -2.54. The third-order valence-electron chi connectivity index (χ3n) is 4.70. The highest BCUT2D eigenvalue weighted by Gasteiger charge is 2.45. The Morgan fingerprint density at radius 3 is 2.59 bits per heavy atom. The summed E-state index contributed by atoms with van der Waals surface area (Å²) in [5.41, 5.74) is 2.00. The van der Waals surface area contributed by atoms with Crippen LogP contribution < -0.4 is 10.6 Å². The quantitative estimate of drug-likeness (QED) is 0.787. The van der Waals surface area contributed by atoms with Gasteiger partial charge in [-0.25, -0.2) is 0 Å². The number of fused-ring (bicyclic) bond motifs is 1. The van der Waals surface area contributed by atoms with Gasteiger partial charge in [-0.2, -0.15) is 0 Å². The minimum Gasteiger partial charge on any atom is -0.380 e. The molecule has 2 aliphatic heterocycles. The van der Waals surface area contributed by atoms with Crippen molar-refractivity contribution in [2.24, 2.45) is 0 Å². The number of piperidine rings is 1. The SMILES string of the molecule is O=C1CCC(N2C(=O)c3cccc(NCc4ccncc4)c3C2=O)C(=O)N1. The molecular weight excluding hydrogens is 348 g/mol. The number of carbonyl (C=O) groups excluding carboxylic acids is 4. The number of benzene rings is 1. The Morgan fingerprint density at radius 2 is 1.85 bits per heavy atom. The zero-order chi connectivity index (χ0) is 19.0. The van der Waals surface area contributed by atoms with E-state index in [1.54, 1.807) is 30.6 Å². The number of imide groups is 2. The summed E-state index contributed by atoms with van der Waals surface area (Å²) in [5.74, 6) is -2.06. The fourth-order valence-corrected chi connectivity index (χ4v) is 3.36. The van der Waals surface area contributed by atoms with E-state index in [0.717, 1.165) is 10.5 Å². The molecule has 1 atom stereocenters. The van der Waals surface area contributed by atoms with E-state index in [1.807, 2.05) is 12.1 Å². The molecule has 2 N–H and O–H groups in total. The van der Waals surface area contributed by atoms with Crippen LogP contribution in [0.1, 0.15) is 39.1 Å². The Bertz CT molecular complexity index is 957. The van der Waals surface area contributed by atoms with Gasteiger partial charge in [-0.3, -0.25) is 34.4 Å². The summed E-state index contributed by atoms with van der Waals surface area (Å²) in [4.78, 5) is 54.1. The molecule has 4 rings (SSSR count). The molecule has 1 fully saturated rings. The van der Waals surface area contributed by atoms with E-state index in [-0.39, 0.29) is 24.0 Å². The molecule has 0 saturated carbocycles. The second-order valence-electron chi connectivity index (χ2n) is 6.38. The van der Waals surface area contributed by atoms with Gasteiger partial charge < -0.3 is 5.32 Å². The van der Waals surface area contributed by atoms with Gasteiger partial charge in [-0.1, -0.05) is 6.07 Å². The molecule has 8 heteroatoms. The van der Waals surface area contributed by atoms with Crippen molar-refractivity contribution in [2.75, 3.05) is 5.32 Å². The third-order valence-corrected chi connectivity index (χ3v) is 4.70. The summed E-state index contributed by atoms with van der Waals surface area (Å²) < 4.78 is 0. The number of rotatable bonds is 4. The highest BCUT2D eigenvalue weighted by atomic mass is 16.2. The zero-order valence-electron chi connectivity index (χ0n) is 14.3. The molecular formula is C19H16N4O4. The normalized spacial score (nSPS) is 19.1. The topological polar surface area (TPSA) is 108 Å². The lowest BCUT2D eigenvalue weighted by molar-refractivity contribution is -0.136. The van der Waals surface area contributed by atoms with Gasteiger partial charge in [0, 0.05) is 31.0 Å². The fourth-order valence-electron chi connectivity index (χ4n) is 3.36. The average molecular weight is 364 g/mol. The van der Waals surface area contributed by atoms with E-state index >= 15 is 0 Å². The maximum absolute atomic E-state index is 13.0. The average Bonchev–Trinajstić information content (AvgIpc) is 2.93. The second kappa shape index (κ2) is 6.64. The molecule has 136 valence electrons. The lowest BCUT2D eigenvalue weighted by Gasteiger charge is -2.27. The van der Waals surface area contributed by atoms with Crippen LogP contribution >= 0.6 is 0 Å². The van der Waals surface area contributed by atoms with Gasteiger partial charge >= 0.3 is 0 Å². The predicted molar refractivity (Wildman–Crippen MR) is 94.7 cm³/mol. The van der Waals surface area contributed by atoms with E-state index in [4.69, 9.17) is 0 Å². The maximum atomic E-state index is 13.0. The molecule has 27 heavy (non-hydrogen) atoms. The molecule has 1 saturated heterocycles. The van der Waals surface area contributed by atoms with Crippen molar-refractivity contribution in [2.45, 2.75) is 25.4 Å². The number of carbonyl (C=O) groups is 4. The van der Waals surface area contributed by atoms with Crippen molar-refractivity contribution in [3.8, 4) is 0 Å². The highest BCUT2D eigenvalue weighted by molar-refractivity contribution is 6.25. The molecule has 0 radical (unpaired) electrons. The molecule has 2 aromatic rings. The predicted octanol–water partition coefficient (Wildman–Crippen LogP) is 1.09.